The third-order valence-electron chi connectivity index (χ3n) is 7.20. The fourth-order valence-corrected chi connectivity index (χ4v) is 5.16. The quantitative estimate of drug-likeness (QED) is 0.554. The molecule has 1 aromatic heterocycles. The van der Waals surface area contributed by atoms with Crippen molar-refractivity contribution in [1.29, 1.82) is 0 Å². The number of amides is 1. The number of hydrogen-bond acceptors (Lipinski definition) is 4. The second-order valence-electron chi connectivity index (χ2n) is 9.43. The zero-order valence-corrected chi connectivity index (χ0v) is 19.5. The van der Waals surface area contributed by atoms with Crippen molar-refractivity contribution in [2.24, 2.45) is 0 Å². The summed E-state index contributed by atoms with van der Waals surface area (Å²) in [6, 6.07) is 20.8. The molecule has 2 saturated heterocycles. The molecule has 1 atom stereocenters. The van der Waals surface area contributed by atoms with E-state index in [2.05, 4.69) is 41.2 Å². The number of anilines is 1. The number of pyridine rings is 1. The van der Waals surface area contributed by atoms with Crippen molar-refractivity contribution in [3.63, 3.8) is 0 Å². The van der Waals surface area contributed by atoms with Gasteiger partial charge in [-0.2, -0.15) is 0 Å². The summed E-state index contributed by atoms with van der Waals surface area (Å²) in [7, 11) is 2.13. The molecule has 5 rings (SSSR count). The van der Waals surface area contributed by atoms with Gasteiger partial charge in [-0.05, 0) is 61.2 Å². The minimum Gasteiger partial charge on any atom is -0.373 e. The molecule has 0 aliphatic carbocycles. The third kappa shape index (κ3) is 4.82. The van der Waals surface area contributed by atoms with Crippen LogP contribution in [-0.4, -0.2) is 54.2 Å². The zero-order chi connectivity index (χ0) is 23.5. The number of likely N-dealkylation sites (N-methyl/N-ethyl adjacent to an activating group) is 1. The lowest BCUT2D eigenvalue weighted by atomic mass is 9.87. The normalized spacial score (nSPS) is 19.4. The van der Waals surface area contributed by atoms with Gasteiger partial charge in [0.15, 0.2) is 0 Å². The minimum atomic E-state index is -0.265. The predicted octanol–water partition coefficient (Wildman–Crippen LogP) is 4.71. The van der Waals surface area contributed by atoms with Gasteiger partial charge in [-0.25, -0.2) is 4.39 Å². The van der Waals surface area contributed by atoms with Crippen molar-refractivity contribution in [2.75, 3.05) is 31.6 Å². The molecule has 2 aliphatic heterocycles. The van der Waals surface area contributed by atoms with Gasteiger partial charge in [0, 0.05) is 49.7 Å². The minimum absolute atomic E-state index is 0.0219. The maximum absolute atomic E-state index is 13.5. The Morgan fingerprint density at radius 1 is 1.12 bits per heavy atom. The van der Waals surface area contributed by atoms with Gasteiger partial charge < -0.3 is 14.5 Å². The first kappa shape index (κ1) is 22.5. The number of benzene rings is 2. The molecule has 0 saturated carbocycles. The Morgan fingerprint density at radius 2 is 1.91 bits per heavy atom. The predicted molar refractivity (Wildman–Crippen MR) is 131 cm³/mol. The van der Waals surface area contributed by atoms with Crippen LogP contribution >= 0.6 is 0 Å². The van der Waals surface area contributed by atoms with Crippen LogP contribution < -0.4 is 4.90 Å². The third-order valence-corrected chi connectivity index (χ3v) is 7.20. The molecule has 2 fully saturated rings. The standard InChI is InChI=1S/C28H30FN3O2/c1-31(25-8-3-2-4-9-25)26-19-28(34-20-26)11-14-32(15-12-28)27(33)22-10-13-30-24(18-22)17-21-6-5-7-23(29)16-21/h2-10,13,16,18,26H,11-12,14-15,17,19-20H2,1H3/t26-/m1/s1. The fourth-order valence-electron chi connectivity index (χ4n) is 5.16. The highest BCUT2D eigenvalue weighted by molar-refractivity contribution is 5.94. The van der Waals surface area contributed by atoms with Gasteiger partial charge in [-0.1, -0.05) is 30.3 Å². The number of ether oxygens (including phenoxy) is 1. The molecule has 34 heavy (non-hydrogen) atoms. The largest absolute Gasteiger partial charge is 0.373 e. The van der Waals surface area contributed by atoms with E-state index in [0.29, 0.717) is 37.7 Å². The number of piperidine rings is 1. The zero-order valence-electron chi connectivity index (χ0n) is 19.5. The summed E-state index contributed by atoms with van der Waals surface area (Å²) < 4.78 is 19.9. The van der Waals surface area contributed by atoms with E-state index in [9.17, 15) is 9.18 Å². The van der Waals surface area contributed by atoms with E-state index in [4.69, 9.17) is 4.74 Å². The average molecular weight is 460 g/mol. The van der Waals surface area contributed by atoms with Crippen LogP contribution in [0.1, 0.15) is 40.9 Å². The van der Waals surface area contributed by atoms with Crippen LogP contribution in [0.15, 0.2) is 72.9 Å². The van der Waals surface area contributed by atoms with Crippen molar-refractivity contribution in [3.8, 4) is 0 Å². The van der Waals surface area contributed by atoms with E-state index in [1.54, 1.807) is 18.3 Å². The molecule has 3 heterocycles. The topological polar surface area (TPSA) is 45.7 Å². The van der Waals surface area contributed by atoms with Crippen molar-refractivity contribution in [3.05, 3.63) is 95.6 Å². The molecule has 0 N–H and O–H groups in total. The van der Waals surface area contributed by atoms with Crippen molar-refractivity contribution in [1.82, 2.24) is 9.88 Å². The van der Waals surface area contributed by atoms with Crippen LogP contribution in [0.25, 0.3) is 0 Å². The summed E-state index contributed by atoms with van der Waals surface area (Å²) >= 11 is 0. The maximum atomic E-state index is 13.5. The molecular weight excluding hydrogens is 429 g/mol. The highest BCUT2D eigenvalue weighted by atomic mass is 19.1. The first-order valence-electron chi connectivity index (χ1n) is 11.9. The second-order valence-corrected chi connectivity index (χ2v) is 9.43. The Kier molecular flexibility index (Phi) is 6.33. The number of nitrogens with zero attached hydrogens (tertiary/aromatic N) is 3. The van der Waals surface area contributed by atoms with Crippen LogP contribution in [0.2, 0.25) is 0 Å². The molecule has 1 amide bonds. The molecule has 0 unspecified atom stereocenters. The molecular formula is C28H30FN3O2. The lowest BCUT2D eigenvalue weighted by Gasteiger charge is -2.39. The summed E-state index contributed by atoms with van der Waals surface area (Å²) in [6.07, 6.45) is 4.83. The summed E-state index contributed by atoms with van der Waals surface area (Å²) in [6.45, 7) is 2.08. The Morgan fingerprint density at radius 3 is 2.68 bits per heavy atom. The summed E-state index contributed by atoms with van der Waals surface area (Å²) in [5.41, 5.74) is 3.28. The maximum Gasteiger partial charge on any atom is 0.253 e. The average Bonchev–Trinajstić information content (AvgIpc) is 3.28. The van der Waals surface area contributed by atoms with Crippen molar-refractivity contribution >= 4 is 11.6 Å². The number of aromatic nitrogens is 1. The highest BCUT2D eigenvalue weighted by Crippen LogP contribution is 2.38. The van der Waals surface area contributed by atoms with Crippen molar-refractivity contribution < 1.29 is 13.9 Å². The van der Waals surface area contributed by atoms with Gasteiger partial charge >= 0.3 is 0 Å². The van der Waals surface area contributed by atoms with E-state index in [1.165, 1.54) is 17.8 Å². The first-order valence-corrected chi connectivity index (χ1v) is 11.9. The molecule has 1 spiro atoms. The number of likely N-dealkylation sites (tertiary alicyclic amines) is 1. The van der Waals surface area contributed by atoms with Gasteiger partial charge in [0.05, 0.1) is 18.2 Å². The number of hydrogen-bond donors (Lipinski definition) is 0. The fraction of sp³-hybridized carbons (Fsp3) is 0.357. The summed E-state index contributed by atoms with van der Waals surface area (Å²) in [4.78, 5) is 21.8. The van der Waals surface area contributed by atoms with E-state index in [1.807, 2.05) is 23.1 Å². The molecule has 5 nitrogen and oxygen atoms in total. The SMILES string of the molecule is CN(c1ccccc1)[C@H]1COC2(CCN(C(=O)c3ccnc(Cc4cccc(F)c4)c3)CC2)C1. The highest BCUT2D eigenvalue weighted by Gasteiger charge is 2.44. The van der Waals surface area contributed by atoms with Gasteiger partial charge in [0.25, 0.3) is 5.91 Å². The molecule has 0 radical (unpaired) electrons. The monoisotopic (exact) mass is 459 g/mol. The van der Waals surface area contributed by atoms with Crippen LogP contribution in [0, 0.1) is 5.82 Å². The Bertz CT molecular complexity index is 1150. The van der Waals surface area contributed by atoms with E-state index in [0.717, 1.165) is 30.5 Å². The van der Waals surface area contributed by atoms with Gasteiger partial charge in [-0.15, -0.1) is 0 Å². The molecule has 2 aliphatic rings. The lowest BCUT2D eigenvalue weighted by Crippen LogP contribution is -2.47. The molecule has 176 valence electrons. The summed E-state index contributed by atoms with van der Waals surface area (Å²) in [5.74, 6) is -0.244. The van der Waals surface area contributed by atoms with Crippen LogP contribution in [0.5, 0.6) is 0 Å². The number of halogens is 1. The molecule has 0 bridgehead atoms. The molecule has 2 aromatic carbocycles. The smallest absolute Gasteiger partial charge is 0.253 e. The molecule has 6 heteroatoms. The Balaban J connectivity index is 1.19. The van der Waals surface area contributed by atoms with E-state index >= 15 is 0 Å². The van der Waals surface area contributed by atoms with Crippen molar-refractivity contribution in [2.45, 2.75) is 37.3 Å². The Labute approximate surface area is 200 Å². The van der Waals surface area contributed by atoms with Gasteiger partial charge in [0.1, 0.15) is 5.82 Å². The number of carbonyl (C=O) groups is 1. The number of para-hydroxylation sites is 1. The van der Waals surface area contributed by atoms with Crippen LogP contribution in [0.3, 0.4) is 0 Å². The van der Waals surface area contributed by atoms with Crippen LogP contribution in [-0.2, 0) is 11.2 Å². The number of rotatable bonds is 5. The van der Waals surface area contributed by atoms with E-state index < -0.39 is 0 Å². The van der Waals surface area contributed by atoms with Gasteiger partial charge in [-0.3, -0.25) is 9.78 Å². The van der Waals surface area contributed by atoms with Gasteiger partial charge in [0.2, 0.25) is 0 Å². The van der Waals surface area contributed by atoms with Crippen LogP contribution in [0.4, 0.5) is 10.1 Å². The number of carbonyl (C=O) groups excluding carboxylic acids is 1. The summed E-state index contributed by atoms with van der Waals surface area (Å²) in [5, 5.41) is 0. The van der Waals surface area contributed by atoms with E-state index in [-0.39, 0.29) is 17.3 Å². The Hall–Kier alpha value is -3.25. The first-order chi connectivity index (χ1) is 16.5. The lowest BCUT2D eigenvalue weighted by molar-refractivity contribution is -0.0388. The second kappa shape index (κ2) is 9.55. The molecule has 3 aromatic rings.